The molecule has 0 aromatic carbocycles. The molecule has 0 aliphatic heterocycles. The van der Waals surface area contributed by atoms with Crippen LogP contribution in [0.3, 0.4) is 0 Å². The molecule has 4 atom stereocenters. The van der Waals surface area contributed by atoms with Crippen molar-refractivity contribution in [2.75, 3.05) is 0 Å². The molecule has 4 unspecified atom stereocenters. The van der Waals surface area contributed by atoms with E-state index in [2.05, 4.69) is 13.8 Å². The quantitative estimate of drug-likeness (QED) is 0.595. The van der Waals surface area contributed by atoms with Gasteiger partial charge in [0.25, 0.3) is 0 Å². The third-order valence-corrected chi connectivity index (χ3v) is 4.41. The van der Waals surface area contributed by atoms with Crippen molar-refractivity contribution in [3.8, 4) is 0 Å². The number of hydrogen-bond acceptors (Lipinski definition) is 0. The van der Waals surface area contributed by atoms with Crippen LogP contribution in [0.25, 0.3) is 0 Å². The van der Waals surface area contributed by atoms with Crippen LogP contribution in [0.5, 0.6) is 0 Å². The van der Waals surface area contributed by atoms with Gasteiger partial charge in [0, 0.05) is 0 Å². The third kappa shape index (κ3) is 1.41. The molecule has 12 heavy (non-hydrogen) atoms. The van der Waals surface area contributed by atoms with Gasteiger partial charge in [0.2, 0.25) is 0 Å². The van der Waals surface area contributed by atoms with Crippen molar-refractivity contribution < 1.29 is 0 Å². The Labute approximate surface area is 76.7 Å². The Hall–Kier alpha value is 0. The fraction of sp³-hybridized carbons (Fsp3) is 1.00. The van der Waals surface area contributed by atoms with Gasteiger partial charge in [-0.1, -0.05) is 26.7 Å². The molecule has 0 spiro atoms. The van der Waals surface area contributed by atoms with E-state index < -0.39 is 0 Å². The van der Waals surface area contributed by atoms with Gasteiger partial charge in [0.1, 0.15) is 0 Å². The summed E-state index contributed by atoms with van der Waals surface area (Å²) in [6.07, 6.45) is 9.11. The van der Waals surface area contributed by atoms with Crippen molar-refractivity contribution in [3.05, 3.63) is 0 Å². The van der Waals surface area contributed by atoms with Crippen LogP contribution in [0.4, 0.5) is 0 Å². The van der Waals surface area contributed by atoms with Gasteiger partial charge in [-0.05, 0) is 49.4 Å². The summed E-state index contributed by atoms with van der Waals surface area (Å²) in [6.45, 7) is 4.72. The van der Waals surface area contributed by atoms with E-state index in [0.717, 1.165) is 11.8 Å². The number of fused-ring (bicyclic) bond motifs is 1. The van der Waals surface area contributed by atoms with Gasteiger partial charge >= 0.3 is 0 Å². The van der Waals surface area contributed by atoms with Crippen LogP contribution in [0.1, 0.15) is 52.4 Å². The number of rotatable bonds is 4. The van der Waals surface area contributed by atoms with Crippen molar-refractivity contribution in [1.29, 1.82) is 0 Å². The standard InChI is InChI=1S/C12H22/c1-3-9(2)4-5-10-8-11-6-7-12(10)11/h9-12H,3-8H2,1-2H3. The predicted octanol–water partition coefficient (Wildman–Crippen LogP) is 3.86. The van der Waals surface area contributed by atoms with Gasteiger partial charge in [-0.2, -0.15) is 0 Å². The minimum atomic E-state index is 0.976. The Morgan fingerprint density at radius 2 is 2.17 bits per heavy atom. The normalized spacial score (nSPS) is 41.0. The van der Waals surface area contributed by atoms with E-state index in [-0.39, 0.29) is 0 Å². The molecule has 2 aliphatic carbocycles. The molecule has 70 valence electrons. The lowest BCUT2D eigenvalue weighted by Gasteiger charge is -2.53. The average molecular weight is 166 g/mol. The first-order valence-corrected chi connectivity index (χ1v) is 5.81. The summed E-state index contributed by atoms with van der Waals surface area (Å²) in [5.74, 6) is 4.50. The molecule has 0 aromatic heterocycles. The van der Waals surface area contributed by atoms with Crippen LogP contribution in [0.2, 0.25) is 0 Å². The Bertz CT molecular complexity index is 150. The Kier molecular flexibility index (Phi) is 2.43. The fourth-order valence-corrected chi connectivity index (χ4v) is 2.91. The summed E-state index contributed by atoms with van der Waals surface area (Å²) in [5.41, 5.74) is 0. The molecule has 2 aliphatic rings. The Morgan fingerprint density at radius 3 is 2.58 bits per heavy atom. The Balaban J connectivity index is 1.62. The monoisotopic (exact) mass is 166 g/mol. The molecule has 0 N–H and O–H groups in total. The molecule has 0 radical (unpaired) electrons. The summed E-state index contributed by atoms with van der Waals surface area (Å²) in [4.78, 5) is 0. The van der Waals surface area contributed by atoms with E-state index in [0.29, 0.717) is 0 Å². The van der Waals surface area contributed by atoms with Crippen LogP contribution in [0, 0.1) is 23.7 Å². The largest absolute Gasteiger partial charge is 0.0651 e. The number of hydrogen-bond donors (Lipinski definition) is 0. The summed E-state index contributed by atoms with van der Waals surface area (Å²) in [6, 6.07) is 0. The summed E-state index contributed by atoms with van der Waals surface area (Å²) < 4.78 is 0. The molecule has 0 amide bonds. The highest BCUT2D eigenvalue weighted by molar-refractivity contribution is 4.96. The SMILES string of the molecule is CCC(C)CCC1CC2CCC12. The van der Waals surface area contributed by atoms with Crippen molar-refractivity contribution in [1.82, 2.24) is 0 Å². The molecule has 0 bridgehead atoms. The van der Waals surface area contributed by atoms with Gasteiger partial charge in [-0.25, -0.2) is 0 Å². The maximum atomic E-state index is 2.40. The highest BCUT2D eigenvalue weighted by Crippen LogP contribution is 2.55. The smallest absolute Gasteiger partial charge is 0.0357 e. The first kappa shape index (κ1) is 8.59. The van der Waals surface area contributed by atoms with Crippen LogP contribution >= 0.6 is 0 Å². The van der Waals surface area contributed by atoms with Gasteiger partial charge < -0.3 is 0 Å². The van der Waals surface area contributed by atoms with Crippen LogP contribution in [-0.2, 0) is 0 Å². The molecule has 0 heteroatoms. The zero-order chi connectivity index (χ0) is 8.55. The summed E-state index contributed by atoms with van der Waals surface area (Å²) >= 11 is 0. The van der Waals surface area contributed by atoms with E-state index in [9.17, 15) is 0 Å². The first-order chi connectivity index (χ1) is 5.81. The van der Waals surface area contributed by atoms with E-state index in [1.54, 1.807) is 19.3 Å². The minimum absolute atomic E-state index is 0.976. The lowest BCUT2D eigenvalue weighted by atomic mass is 9.52. The first-order valence-electron chi connectivity index (χ1n) is 5.81. The molecular weight excluding hydrogens is 144 g/mol. The van der Waals surface area contributed by atoms with Gasteiger partial charge in [-0.3, -0.25) is 0 Å². The average Bonchev–Trinajstić information content (AvgIpc) is 2.06. The second-order valence-electron chi connectivity index (χ2n) is 5.09. The van der Waals surface area contributed by atoms with E-state index in [1.807, 2.05) is 0 Å². The predicted molar refractivity (Wildman–Crippen MR) is 53.0 cm³/mol. The van der Waals surface area contributed by atoms with E-state index >= 15 is 0 Å². The van der Waals surface area contributed by atoms with Crippen LogP contribution < -0.4 is 0 Å². The topological polar surface area (TPSA) is 0 Å². The highest BCUT2D eigenvalue weighted by Gasteiger charge is 2.46. The molecular formula is C12H22. The second kappa shape index (κ2) is 3.40. The molecule has 2 rings (SSSR count). The minimum Gasteiger partial charge on any atom is -0.0651 e. The van der Waals surface area contributed by atoms with Crippen molar-refractivity contribution in [3.63, 3.8) is 0 Å². The second-order valence-corrected chi connectivity index (χ2v) is 5.09. The molecule has 0 nitrogen and oxygen atoms in total. The lowest BCUT2D eigenvalue weighted by molar-refractivity contribution is -0.0320. The van der Waals surface area contributed by atoms with Crippen LogP contribution in [-0.4, -0.2) is 0 Å². The van der Waals surface area contributed by atoms with Gasteiger partial charge in [0.15, 0.2) is 0 Å². The highest BCUT2D eigenvalue weighted by atomic mass is 14.5. The lowest BCUT2D eigenvalue weighted by Crippen LogP contribution is -2.44. The molecule has 0 aromatic rings. The van der Waals surface area contributed by atoms with Gasteiger partial charge in [-0.15, -0.1) is 0 Å². The molecule has 2 fully saturated rings. The van der Waals surface area contributed by atoms with E-state index in [1.165, 1.54) is 31.1 Å². The third-order valence-electron chi connectivity index (χ3n) is 4.41. The van der Waals surface area contributed by atoms with Crippen molar-refractivity contribution in [2.24, 2.45) is 23.7 Å². The van der Waals surface area contributed by atoms with Gasteiger partial charge in [0.05, 0.1) is 0 Å². The zero-order valence-corrected chi connectivity index (χ0v) is 8.55. The molecule has 2 saturated carbocycles. The van der Waals surface area contributed by atoms with Crippen molar-refractivity contribution in [2.45, 2.75) is 52.4 Å². The van der Waals surface area contributed by atoms with Crippen molar-refractivity contribution >= 4 is 0 Å². The fourth-order valence-electron chi connectivity index (χ4n) is 2.91. The summed E-state index contributed by atoms with van der Waals surface area (Å²) in [7, 11) is 0. The van der Waals surface area contributed by atoms with E-state index in [4.69, 9.17) is 0 Å². The zero-order valence-electron chi connectivity index (χ0n) is 8.55. The molecule has 0 saturated heterocycles. The maximum absolute atomic E-state index is 2.40. The summed E-state index contributed by atoms with van der Waals surface area (Å²) in [5, 5.41) is 0. The Morgan fingerprint density at radius 1 is 1.33 bits per heavy atom. The van der Waals surface area contributed by atoms with Crippen LogP contribution in [0.15, 0.2) is 0 Å². The molecule has 0 heterocycles. The maximum Gasteiger partial charge on any atom is -0.0357 e.